The zero-order valence-electron chi connectivity index (χ0n) is 11.1. The van der Waals surface area contributed by atoms with Crippen LogP contribution in [0, 0.1) is 13.8 Å². The Kier molecular flexibility index (Phi) is 3.14. The van der Waals surface area contributed by atoms with E-state index >= 15 is 0 Å². The average molecular weight is 330 g/mol. The van der Waals surface area contributed by atoms with E-state index in [1.807, 2.05) is 32.0 Å². The van der Waals surface area contributed by atoms with E-state index in [1.165, 1.54) is 0 Å². The highest BCUT2D eigenvalue weighted by Crippen LogP contribution is 2.19. The molecule has 0 aliphatic rings. The quantitative estimate of drug-likeness (QED) is 0.689. The largest absolute Gasteiger partial charge is 0.268 e. The molecule has 0 amide bonds. The molecule has 0 saturated heterocycles. The zero-order chi connectivity index (χ0) is 14.3. The van der Waals surface area contributed by atoms with Crippen molar-refractivity contribution in [2.24, 2.45) is 0 Å². The number of benzene rings is 1. The van der Waals surface area contributed by atoms with Crippen molar-refractivity contribution in [3.8, 4) is 5.69 Å². The summed E-state index contributed by atoms with van der Waals surface area (Å²) in [5.41, 5.74) is 2.27. The molecule has 5 heteroatoms. The van der Waals surface area contributed by atoms with E-state index < -0.39 is 0 Å². The molecule has 2 aromatic heterocycles. The maximum absolute atomic E-state index is 12.6. The molecule has 20 heavy (non-hydrogen) atoms. The summed E-state index contributed by atoms with van der Waals surface area (Å²) in [5.74, 6) is 0.628. The summed E-state index contributed by atoms with van der Waals surface area (Å²) in [5, 5.41) is 0.527. The van der Waals surface area contributed by atoms with Crippen LogP contribution in [0.15, 0.2) is 45.8 Å². The number of halogens is 1. The number of aryl methyl sites for hydroxylation is 2. The van der Waals surface area contributed by atoms with Gasteiger partial charge in [-0.3, -0.25) is 9.36 Å². The van der Waals surface area contributed by atoms with Gasteiger partial charge in [-0.1, -0.05) is 15.9 Å². The smallest absolute Gasteiger partial charge is 0.267 e. The van der Waals surface area contributed by atoms with Crippen LogP contribution in [-0.2, 0) is 0 Å². The van der Waals surface area contributed by atoms with Crippen LogP contribution in [0.4, 0.5) is 0 Å². The number of nitrogens with zero attached hydrogens (tertiary/aromatic N) is 3. The Labute approximate surface area is 124 Å². The molecule has 0 saturated carbocycles. The molecule has 0 fully saturated rings. The third kappa shape index (κ3) is 2.04. The fraction of sp³-hybridized carbons (Fsp3) is 0.133. The second kappa shape index (κ2) is 4.83. The lowest BCUT2D eigenvalue weighted by Gasteiger charge is -2.11. The van der Waals surface area contributed by atoms with E-state index in [4.69, 9.17) is 0 Å². The SMILES string of the molecule is Cc1cc(-n2c(C)nc3ncccc3c2=O)ccc1Br. The van der Waals surface area contributed by atoms with Crippen LogP contribution >= 0.6 is 15.9 Å². The molecule has 0 bridgehead atoms. The zero-order valence-corrected chi connectivity index (χ0v) is 12.7. The van der Waals surface area contributed by atoms with Crippen molar-refractivity contribution in [3.63, 3.8) is 0 Å². The van der Waals surface area contributed by atoms with Gasteiger partial charge >= 0.3 is 0 Å². The minimum absolute atomic E-state index is 0.0951. The van der Waals surface area contributed by atoms with Crippen LogP contribution in [0.2, 0.25) is 0 Å². The average Bonchev–Trinajstić information content (AvgIpc) is 2.43. The molecule has 4 nitrogen and oxygen atoms in total. The second-order valence-electron chi connectivity index (χ2n) is 4.61. The monoisotopic (exact) mass is 329 g/mol. The van der Waals surface area contributed by atoms with Crippen molar-refractivity contribution in [1.29, 1.82) is 0 Å². The van der Waals surface area contributed by atoms with Gasteiger partial charge in [-0.25, -0.2) is 9.97 Å². The standard InChI is InChI=1S/C15H12BrN3O/c1-9-8-11(5-6-13(9)16)19-10(2)18-14-12(15(19)20)4-3-7-17-14/h3-8H,1-2H3. The van der Waals surface area contributed by atoms with Gasteiger partial charge in [0.2, 0.25) is 0 Å². The molecule has 0 spiro atoms. The van der Waals surface area contributed by atoms with Crippen molar-refractivity contribution >= 4 is 27.0 Å². The molecule has 1 aromatic carbocycles. The molecule has 0 radical (unpaired) electrons. The van der Waals surface area contributed by atoms with E-state index in [-0.39, 0.29) is 5.56 Å². The maximum Gasteiger partial charge on any atom is 0.267 e. The van der Waals surface area contributed by atoms with Crippen LogP contribution in [0.5, 0.6) is 0 Å². The first kappa shape index (κ1) is 13.0. The minimum Gasteiger partial charge on any atom is -0.268 e. The first-order chi connectivity index (χ1) is 9.58. The van der Waals surface area contributed by atoms with Crippen molar-refractivity contribution < 1.29 is 0 Å². The fourth-order valence-electron chi connectivity index (χ4n) is 2.20. The predicted molar refractivity (Wildman–Crippen MR) is 82.3 cm³/mol. The third-order valence-corrected chi connectivity index (χ3v) is 4.10. The highest BCUT2D eigenvalue weighted by molar-refractivity contribution is 9.10. The van der Waals surface area contributed by atoms with E-state index in [0.29, 0.717) is 16.9 Å². The van der Waals surface area contributed by atoms with Gasteiger partial charge < -0.3 is 0 Å². The molecule has 0 unspecified atom stereocenters. The number of aromatic nitrogens is 3. The predicted octanol–water partition coefficient (Wildman–Crippen LogP) is 3.16. The molecule has 0 aliphatic heterocycles. The van der Waals surface area contributed by atoms with E-state index in [1.54, 1.807) is 22.9 Å². The molecule has 0 atom stereocenters. The van der Waals surface area contributed by atoms with Crippen LogP contribution in [0.3, 0.4) is 0 Å². The Morgan fingerprint density at radius 3 is 2.75 bits per heavy atom. The molecule has 0 N–H and O–H groups in total. The summed E-state index contributed by atoms with van der Waals surface area (Å²) in [6.45, 7) is 3.80. The highest BCUT2D eigenvalue weighted by Gasteiger charge is 2.10. The summed E-state index contributed by atoms with van der Waals surface area (Å²) in [7, 11) is 0. The van der Waals surface area contributed by atoms with Crippen molar-refractivity contribution in [2.45, 2.75) is 13.8 Å². The van der Waals surface area contributed by atoms with Crippen LogP contribution in [0.25, 0.3) is 16.7 Å². The Morgan fingerprint density at radius 1 is 1.20 bits per heavy atom. The molecule has 3 rings (SSSR count). The third-order valence-electron chi connectivity index (χ3n) is 3.21. The highest BCUT2D eigenvalue weighted by atomic mass is 79.9. The fourth-order valence-corrected chi connectivity index (χ4v) is 2.44. The molecular formula is C15H12BrN3O. The normalized spacial score (nSPS) is 10.9. The lowest BCUT2D eigenvalue weighted by molar-refractivity contribution is 0.887. The first-order valence-electron chi connectivity index (χ1n) is 6.19. The van der Waals surface area contributed by atoms with Crippen molar-refractivity contribution in [2.75, 3.05) is 0 Å². The Hall–Kier alpha value is -2.01. The molecule has 0 aliphatic carbocycles. The molecule has 3 aromatic rings. The Bertz CT molecular complexity index is 871. The van der Waals surface area contributed by atoms with Crippen molar-refractivity contribution in [1.82, 2.24) is 14.5 Å². The van der Waals surface area contributed by atoms with Crippen LogP contribution < -0.4 is 5.56 Å². The van der Waals surface area contributed by atoms with E-state index in [0.717, 1.165) is 15.7 Å². The van der Waals surface area contributed by atoms with Gasteiger partial charge in [0, 0.05) is 10.7 Å². The summed E-state index contributed by atoms with van der Waals surface area (Å²) in [6.07, 6.45) is 1.64. The maximum atomic E-state index is 12.6. The van der Waals surface area contributed by atoms with Gasteiger partial charge in [0.1, 0.15) is 5.82 Å². The van der Waals surface area contributed by atoms with Crippen LogP contribution in [-0.4, -0.2) is 14.5 Å². The van der Waals surface area contributed by atoms with Crippen LogP contribution in [0.1, 0.15) is 11.4 Å². The molecular weight excluding hydrogens is 318 g/mol. The molecule has 2 heterocycles. The number of pyridine rings is 1. The van der Waals surface area contributed by atoms with Crippen molar-refractivity contribution in [3.05, 3.63) is 62.7 Å². The molecule has 100 valence electrons. The van der Waals surface area contributed by atoms with Gasteiger partial charge in [-0.05, 0) is 49.7 Å². The lowest BCUT2D eigenvalue weighted by atomic mass is 10.2. The minimum atomic E-state index is -0.0951. The number of fused-ring (bicyclic) bond motifs is 1. The number of hydrogen-bond acceptors (Lipinski definition) is 3. The van der Waals surface area contributed by atoms with Gasteiger partial charge in [0.25, 0.3) is 5.56 Å². The number of rotatable bonds is 1. The summed E-state index contributed by atoms with van der Waals surface area (Å²) in [4.78, 5) is 21.2. The van der Waals surface area contributed by atoms with Gasteiger partial charge in [-0.2, -0.15) is 0 Å². The number of hydrogen-bond donors (Lipinski definition) is 0. The van der Waals surface area contributed by atoms with E-state index in [9.17, 15) is 4.79 Å². The van der Waals surface area contributed by atoms with E-state index in [2.05, 4.69) is 25.9 Å². The second-order valence-corrected chi connectivity index (χ2v) is 5.46. The van der Waals surface area contributed by atoms with Gasteiger partial charge in [0.05, 0.1) is 11.1 Å². The Balaban J connectivity index is 2.36. The lowest BCUT2D eigenvalue weighted by Crippen LogP contribution is -2.22. The topological polar surface area (TPSA) is 47.8 Å². The summed E-state index contributed by atoms with van der Waals surface area (Å²) >= 11 is 3.47. The van der Waals surface area contributed by atoms with Gasteiger partial charge in [-0.15, -0.1) is 0 Å². The first-order valence-corrected chi connectivity index (χ1v) is 6.98. The van der Waals surface area contributed by atoms with Gasteiger partial charge in [0.15, 0.2) is 5.65 Å². The Morgan fingerprint density at radius 2 is 2.00 bits per heavy atom. The summed E-state index contributed by atoms with van der Waals surface area (Å²) in [6, 6.07) is 9.29. The summed E-state index contributed by atoms with van der Waals surface area (Å²) < 4.78 is 2.63.